The van der Waals surface area contributed by atoms with E-state index in [-0.39, 0.29) is 30.4 Å². The Morgan fingerprint density at radius 3 is 2.62 bits per heavy atom. The van der Waals surface area contributed by atoms with Crippen LogP contribution < -0.4 is 16.0 Å². The van der Waals surface area contributed by atoms with E-state index < -0.39 is 0 Å². The molecule has 2 rings (SSSR count). The standard InChI is InChI=1S/C14H26N4O2.ClH/c1-11-9-18(8-7-15-11)10-13(19)17-14(20)16-12-5-3-2-4-6-12;/h11-12,15H,2-10H2,1H3,(H2,16,17,19,20);1H. The van der Waals surface area contributed by atoms with Gasteiger partial charge in [-0.25, -0.2) is 4.79 Å². The van der Waals surface area contributed by atoms with Crippen LogP contribution in [0.3, 0.4) is 0 Å². The minimum atomic E-state index is -0.343. The van der Waals surface area contributed by atoms with Crippen LogP contribution >= 0.6 is 12.4 Å². The van der Waals surface area contributed by atoms with Crippen molar-refractivity contribution in [1.29, 1.82) is 0 Å². The second-order valence-electron chi connectivity index (χ2n) is 5.95. The zero-order chi connectivity index (χ0) is 14.4. The van der Waals surface area contributed by atoms with Gasteiger partial charge in [0.05, 0.1) is 6.54 Å². The molecule has 1 aliphatic carbocycles. The van der Waals surface area contributed by atoms with E-state index in [1.54, 1.807) is 0 Å². The maximum Gasteiger partial charge on any atom is 0.321 e. The number of nitrogens with one attached hydrogen (secondary N) is 3. The monoisotopic (exact) mass is 318 g/mol. The Morgan fingerprint density at radius 1 is 1.24 bits per heavy atom. The highest BCUT2D eigenvalue weighted by Crippen LogP contribution is 2.17. The Labute approximate surface area is 132 Å². The van der Waals surface area contributed by atoms with Crippen molar-refractivity contribution in [1.82, 2.24) is 20.9 Å². The van der Waals surface area contributed by atoms with Crippen LogP contribution in [0.1, 0.15) is 39.0 Å². The zero-order valence-corrected chi connectivity index (χ0v) is 13.5. The van der Waals surface area contributed by atoms with Crippen molar-refractivity contribution < 1.29 is 9.59 Å². The highest BCUT2D eigenvalue weighted by molar-refractivity contribution is 5.95. The molecular weight excluding hydrogens is 292 g/mol. The fourth-order valence-corrected chi connectivity index (χ4v) is 2.99. The lowest BCUT2D eigenvalue weighted by atomic mass is 9.96. The molecule has 1 heterocycles. The minimum Gasteiger partial charge on any atom is -0.335 e. The molecule has 6 nitrogen and oxygen atoms in total. The summed E-state index contributed by atoms with van der Waals surface area (Å²) < 4.78 is 0. The Balaban J connectivity index is 0.00000220. The number of amides is 3. The first kappa shape index (κ1) is 18.2. The molecule has 0 radical (unpaired) electrons. The summed E-state index contributed by atoms with van der Waals surface area (Å²) in [5, 5.41) is 8.66. The molecule has 1 aliphatic heterocycles. The van der Waals surface area contributed by atoms with Gasteiger partial charge in [0, 0.05) is 31.7 Å². The van der Waals surface area contributed by atoms with Crippen LogP contribution in [0.5, 0.6) is 0 Å². The lowest BCUT2D eigenvalue weighted by Crippen LogP contribution is -2.53. The van der Waals surface area contributed by atoms with E-state index in [0.29, 0.717) is 12.6 Å². The first-order valence-corrected chi connectivity index (χ1v) is 7.69. The molecule has 0 aromatic rings. The summed E-state index contributed by atoms with van der Waals surface area (Å²) in [6, 6.07) is 0.286. The Morgan fingerprint density at radius 2 is 1.95 bits per heavy atom. The van der Waals surface area contributed by atoms with Crippen molar-refractivity contribution >= 4 is 24.3 Å². The second kappa shape index (κ2) is 9.23. The fourth-order valence-electron chi connectivity index (χ4n) is 2.99. The van der Waals surface area contributed by atoms with Crippen molar-refractivity contribution in [3.8, 4) is 0 Å². The molecule has 3 N–H and O–H groups in total. The molecule has 0 aromatic heterocycles. The average Bonchev–Trinajstić information content (AvgIpc) is 2.39. The van der Waals surface area contributed by atoms with Crippen molar-refractivity contribution in [3.05, 3.63) is 0 Å². The lowest BCUT2D eigenvalue weighted by Gasteiger charge is -2.31. The molecule has 21 heavy (non-hydrogen) atoms. The molecule has 0 aromatic carbocycles. The Kier molecular flexibility index (Phi) is 8.00. The van der Waals surface area contributed by atoms with Gasteiger partial charge in [-0.05, 0) is 19.8 Å². The van der Waals surface area contributed by atoms with Crippen molar-refractivity contribution in [2.45, 2.75) is 51.1 Å². The van der Waals surface area contributed by atoms with Gasteiger partial charge in [0.2, 0.25) is 5.91 Å². The van der Waals surface area contributed by atoms with Gasteiger partial charge in [0.15, 0.2) is 0 Å². The van der Waals surface area contributed by atoms with Gasteiger partial charge in [-0.3, -0.25) is 15.0 Å². The van der Waals surface area contributed by atoms with E-state index in [4.69, 9.17) is 0 Å². The maximum absolute atomic E-state index is 11.8. The van der Waals surface area contributed by atoms with E-state index in [1.807, 2.05) is 0 Å². The normalized spacial score (nSPS) is 24.0. The van der Waals surface area contributed by atoms with Crippen molar-refractivity contribution in [3.63, 3.8) is 0 Å². The van der Waals surface area contributed by atoms with Crippen LogP contribution in [0.2, 0.25) is 0 Å². The number of nitrogens with zero attached hydrogens (tertiary/aromatic N) is 1. The Hall–Kier alpha value is -0.850. The van der Waals surface area contributed by atoms with E-state index >= 15 is 0 Å². The van der Waals surface area contributed by atoms with E-state index in [9.17, 15) is 9.59 Å². The Bertz CT molecular complexity index is 348. The third-order valence-corrected chi connectivity index (χ3v) is 4.01. The number of rotatable bonds is 3. The number of piperazine rings is 1. The van der Waals surface area contributed by atoms with Gasteiger partial charge in [0.25, 0.3) is 0 Å². The highest BCUT2D eigenvalue weighted by Gasteiger charge is 2.20. The van der Waals surface area contributed by atoms with Crippen LogP contribution in [0.4, 0.5) is 4.79 Å². The summed E-state index contributed by atoms with van der Waals surface area (Å²) in [6.07, 6.45) is 5.63. The first-order valence-electron chi connectivity index (χ1n) is 7.69. The lowest BCUT2D eigenvalue weighted by molar-refractivity contribution is -0.121. The number of carbonyl (C=O) groups is 2. The number of carbonyl (C=O) groups excluding carboxylic acids is 2. The van der Waals surface area contributed by atoms with E-state index in [2.05, 4.69) is 27.8 Å². The van der Waals surface area contributed by atoms with Gasteiger partial charge < -0.3 is 10.6 Å². The molecule has 1 saturated heterocycles. The van der Waals surface area contributed by atoms with Crippen molar-refractivity contribution in [2.24, 2.45) is 0 Å². The zero-order valence-electron chi connectivity index (χ0n) is 12.7. The van der Waals surface area contributed by atoms with Crippen LogP contribution in [-0.2, 0) is 4.79 Å². The number of hydrogen-bond donors (Lipinski definition) is 3. The summed E-state index contributed by atoms with van der Waals surface area (Å²) in [6.45, 7) is 4.98. The van der Waals surface area contributed by atoms with Crippen LogP contribution in [0, 0.1) is 0 Å². The molecule has 7 heteroatoms. The number of urea groups is 1. The van der Waals surface area contributed by atoms with Gasteiger partial charge in [0.1, 0.15) is 0 Å². The molecule has 0 bridgehead atoms. The maximum atomic E-state index is 11.8. The predicted octanol–water partition coefficient (Wildman–Crippen LogP) is 0.860. The smallest absolute Gasteiger partial charge is 0.321 e. The molecule has 1 atom stereocenters. The molecule has 2 aliphatic rings. The average molecular weight is 319 g/mol. The molecule has 1 saturated carbocycles. The quantitative estimate of drug-likeness (QED) is 0.721. The predicted molar refractivity (Wildman–Crippen MR) is 84.7 cm³/mol. The molecule has 0 spiro atoms. The summed E-state index contributed by atoms with van der Waals surface area (Å²) >= 11 is 0. The third kappa shape index (κ3) is 6.63. The number of hydrogen-bond acceptors (Lipinski definition) is 4. The number of imide groups is 1. The van der Waals surface area contributed by atoms with E-state index in [0.717, 1.165) is 45.3 Å². The first-order chi connectivity index (χ1) is 9.63. The SMILES string of the molecule is CC1CN(CC(=O)NC(=O)NC2CCCCC2)CCN1.Cl. The molecule has 122 valence electrons. The van der Waals surface area contributed by atoms with Crippen LogP contribution in [0.25, 0.3) is 0 Å². The summed E-state index contributed by atoms with van der Waals surface area (Å²) in [4.78, 5) is 25.7. The largest absolute Gasteiger partial charge is 0.335 e. The summed E-state index contributed by atoms with van der Waals surface area (Å²) in [7, 11) is 0. The fraction of sp³-hybridized carbons (Fsp3) is 0.857. The highest BCUT2D eigenvalue weighted by atomic mass is 35.5. The topological polar surface area (TPSA) is 73.5 Å². The number of halogens is 1. The third-order valence-electron chi connectivity index (χ3n) is 4.01. The molecule has 1 unspecified atom stereocenters. The van der Waals surface area contributed by atoms with E-state index in [1.165, 1.54) is 6.42 Å². The van der Waals surface area contributed by atoms with Gasteiger partial charge in [-0.2, -0.15) is 0 Å². The second-order valence-corrected chi connectivity index (χ2v) is 5.95. The molecule has 3 amide bonds. The summed E-state index contributed by atoms with van der Waals surface area (Å²) in [5.74, 6) is -0.215. The van der Waals surface area contributed by atoms with Gasteiger partial charge >= 0.3 is 6.03 Å². The molecular formula is C14H27ClN4O2. The van der Waals surface area contributed by atoms with Gasteiger partial charge in [-0.1, -0.05) is 19.3 Å². The van der Waals surface area contributed by atoms with Gasteiger partial charge in [-0.15, -0.1) is 12.4 Å². The van der Waals surface area contributed by atoms with Crippen LogP contribution in [0.15, 0.2) is 0 Å². The van der Waals surface area contributed by atoms with Crippen LogP contribution in [-0.4, -0.2) is 55.1 Å². The minimum absolute atomic E-state index is 0. The summed E-state index contributed by atoms with van der Waals surface area (Å²) in [5.41, 5.74) is 0. The molecule has 2 fully saturated rings. The van der Waals surface area contributed by atoms with Crippen molar-refractivity contribution in [2.75, 3.05) is 26.2 Å².